The number of carbonyl (C=O) groups excluding carboxylic acids is 1. The van der Waals surface area contributed by atoms with Crippen LogP contribution in [0.25, 0.3) is 0 Å². The highest BCUT2D eigenvalue weighted by atomic mass is 16.5. The number of carbonyl (C=O) groups is 1. The lowest BCUT2D eigenvalue weighted by Crippen LogP contribution is -2.42. The van der Waals surface area contributed by atoms with Crippen LogP contribution < -0.4 is 5.32 Å². The van der Waals surface area contributed by atoms with Crippen LogP contribution in [0.1, 0.15) is 19.8 Å². The second-order valence-electron chi connectivity index (χ2n) is 3.53. The molecule has 1 aliphatic heterocycles. The topological polar surface area (TPSA) is 38.3 Å². The van der Waals surface area contributed by atoms with Crippen molar-refractivity contribution in [3.8, 4) is 0 Å². The highest BCUT2D eigenvalue weighted by Gasteiger charge is 2.20. The fourth-order valence-electron chi connectivity index (χ4n) is 1.36. The third-order valence-corrected chi connectivity index (χ3v) is 2.48. The van der Waals surface area contributed by atoms with E-state index in [0.29, 0.717) is 0 Å². The Morgan fingerprint density at radius 1 is 1.67 bits per heavy atom. The van der Waals surface area contributed by atoms with Gasteiger partial charge < -0.3 is 10.1 Å². The maximum absolute atomic E-state index is 11.0. The maximum atomic E-state index is 11.0. The van der Waals surface area contributed by atoms with Crippen molar-refractivity contribution in [2.24, 2.45) is 11.8 Å². The third-order valence-electron chi connectivity index (χ3n) is 2.48. The van der Waals surface area contributed by atoms with Crippen LogP contribution in [0.15, 0.2) is 0 Å². The Morgan fingerprint density at radius 3 is 2.75 bits per heavy atom. The van der Waals surface area contributed by atoms with E-state index in [1.165, 1.54) is 7.11 Å². The molecule has 0 aliphatic carbocycles. The zero-order valence-electron chi connectivity index (χ0n) is 7.80. The van der Waals surface area contributed by atoms with Crippen molar-refractivity contribution in [3.05, 3.63) is 0 Å². The van der Waals surface area contributed by atoms with E-state index in [1.807, 2.05) is 6.92 Å². The first-order valence-electron chi connectivity index (χ1n) is 4.52. The number of methoxy groups -OCH3 is 1. The summed E-state index contributed by atoms with van der Waals surface area (Å²) in [5.74, 6) is 0.773. The highest BCUT2D eigenvalue weighted by molar-refractivity contribution is 5.71. The Morgan fingerprint density at radius 2 is 2.33 bits per heavy atom. The Hall–Kier alpha value is -0.570. The van der Waals surface area contributed by atoms with Crippen molar-refractivity contribution in [1.82, 2.24) is 5.32 Å². The van der Waals surface area contributed by atoms with E-state index in [9.17, 15) is 4.79 Å². The monoisotopic (exact) mass is 171 g/mol. The van der Waals surface area contributed by atoms with Gasteiger partial charge in [0.2, 0.25) is 0 Å². The predicted molar refractivity (Wildman–Crippen MR) is 46.8 cm³/mol. The molecule has 0 amide bonds. The average Bonchev–Trinajstić information content (AvgIpc) is 2.00. The van der Waals surface area contributed by atoms with E-state index in [4.69, 9.17) is 0 Å². The molecule has 1 unspecified atom stereocenters. The number of hydrogen-bond acceptors (Lipinski definition) is 3. The Labute approximate surface area is 73.5 Å². The largest absolute Gasteiger partial charge is 0.469 e. The molecule has 0 aromatic carbocycles. The molecule has 1 fully saturated rings. The summed E-state index contributed by atoms with van der Waals surface area (Å²) in [7, 11) is 1.45. The molecule has 12 heavy (non-hydrogen) atoms. The zero-order chi connectivity index (χ0) is 8.97. The van der Waals surface area contributed by atoms with Crippen LogP contribution >= 0.6 is 0 Å². The van der Waals surface area contributed by atoms with Crippen molar-refractivity contribution in [2.45, 2.75) is 19.8 Å². The third kappa shape index (κ3) is 2.48. The molecule has 0 bridgehead atoms. The molecule has 0 saturated carbocycles. The van der Waals surface area contributed by atoms with Gasteiger partial charge in [-0.05, 0) is 31.8 Å². The smallest absolute Gasteiger partial charge is 0.308 e. The van der Waals surface area contributed by atoms with Crippen LogP contribution in [0.3, 0.4) is 0 Å². The molecule has 0 spiro atoms. The Balaban J connectivity index is 2.08. The highest BCUT2D eigenvalue weighted by Crippen LogP contribution is 2.16. The second-order valence-corrected chi connectivity index (χ2v) is 3.53. The quantitative estimate of drug-likeness (QED) is 0.636. The second kappa shape index (κ2) is 4.45. The minimum atomic E-state index is -0.0812. The molecule has 70 valence electrons. The minimum absolute atomic E-state index is 0.0654. The van der Waals surface area contributed by atoms with Gasteiger partial charge in [-0.3, -0.25) is 4.79 Å². The SMILES string of the molecule is COC(=O)C(C)CCC1CNC1. The average molecular weight is 171 g/mol. The molecule has 3 nitrogen and oxygen atoms in total. The number of rotatable bonds is 4. The van der Waals surface area contributed by atoms with Gasteiger partial charge in [0, 0.05) is 0 Å². The van der Waals surface area contributed by atoms with E-state index in [2.05, 4.69) is 10.1 Å². The van der Waals surface area contributed by atoms with Gasteiger partial charge >= 0.3 is 5.97 Å². The summed E-state index contributed by atoms with van der Waals surface area (Å²) in [6, 6.07) is 0. The van der Waals surface area contributed by atoms with Crippen LogP contribution in [0.4, 0.5) is 0 Å². The lowest BCUT2D eigenvalue weighted by atomic mass is 9.93. The first-order valence-corrected chi connectivity index (χ1v) is 4.52. The molecule has 0 aromatic rings. The summed E-state index contributed by atoms with van der Waals surface area (Å²) in [5.41, 5.74) is 0. The van der Waals surface area contributed by atoms with Crippen molar-refractivity contribution in [1.29, 1.82) is 0 Å². The van der Waals surface area contributed by atoms with Gasteiger partial charge in [-0.25, -0.2) is 0 Å². The van der Waals surface area contributed by atoms with Crippen molar-refractivity contribution in [3.63, 3.8) is 0 Å². The van der Waals surface area contributed by atoms with Crippen molar-refractivity contribution >= 4 is 5.97 Å². The summed E-state index contributed by atoms with van der Waals surface area (Å²) in [6.07, 6.45) is 2.10. The molecule has 3 heteroatoms. The predicted octanol–water partition coefficient (Wildman–Crippen LogP) is 0.795. The number of esters is 1. The van der Waals surface area contributed by atoms with Gasteiger partial charge in [-0.1, -0.05) is 6.92 Å². The Kier molecular flexibility index (Phi) is 3.53. The summed E-state index contributed by atoms with van der Waals surface area (Å²) in [4.78, 5) is 11.0. The number of nitrogens with one attached hydrogen (secondary N) is 1. The van der Waals surface area contributed by atoms with Crippen LogP contribution in [-0.4, -0.2) is 26.2 Å². The van der Waals surface area contributed by atoms with Gasteiger partial charge in [0.1, 0.15) is 0 Å². The summed E-state index contributed by atoms with van der Waals surface area (Å²) < 4.78 is 4.64. The molecule has 1 aliphatic rings. The molecule has 1 atom stereocenters. The van der Waals surface area contributed by atoms with Crippen LogP contribution in [0.5, 0.6) is 0 Å². The lowest BCUT2D eigenvalue weighted by molar-refractivity contribution is -0.145. The lowest BCUT2D eigenvalue weighted by Gasteiger charge is -2.27. The minimum Gasteiger partial charge on any atom is -0.469 e. The standard InChI is InChI=1S/C9H17NO2/c1-7(9(11)12-2)3-4-8-5-10-6-8/h7-8,10H,3-6H2,1-2H3. The van der Waals surface area contributed by atoms with Gasteiger partial charge in [0.25, 0.3) is 0 Å². The molecule has 0 radical (unpaired) electrons. The summed E-state index contributed by atoms with van der Waals surface area (Å²) in [6.45, 7) is 4.17. The molecule has 1 N–H and O–H groups in total. The summed E-state index contributed by atoms with van der Waals surface area (Å²) in [5, 5.41) is 3.21. The van der Waals surface area contributed by atoms with E-state index in [1.54, 1.807) is 0 Å². The molecular weight excluding hydrogens is 154 g/mol. The van der Waals surface area contributed by atoms with Crippen LogP contribution in [-0.2, 0) is 9.53 Å². The first-order chi connectivity index (χ1) is 5.74. The Bertz CT molecular complexity index is 155. The van der Waals surface area contributed by atoms with Gasteiger partial charge in [-0.2, -0.15) is 0 Å². The maximum Gasteiger partial charge on any atom is 0.308 e. The number of ether oxygens (including phenoxy) is 1. The molecular formula is C9H17NO2. The van der Waals surface area contributed by atoms with E-state index < -0.39 is 0 Å². The first kappa shape index (κ1) is 9.52. The summed E-state index contributed by atoms with van der Waals surface area (Å²) >= 11 is 0. The van der Waals surface area contributed by atoms with Crippen LogP contribution in [0.2, 0.25) is 0 Å². The fourth-order valence-corrected chi connectivity index (χ4v) is 1.36. The zero-order valence-corrected chi connectivity index (χ0v) is 7.80. The van der Waals surface area contributed by atoms with E-state index in [0.717, 1.165) is 31.8 Å². The van der Waals surface area contributed by atoms with E-state index >= 15 is 0 Å². The molecule has 1 rings (SSSR count). The molecule has 1 heterocycles. The van der Waals surface area contributed by atoms with Gasteiger partial charge in [0.15, 0.2) is 0 Å². The van der Waals surface area contributed by atoms with Gasteiger partial charge in [-0.15, -0.1) is 0 Å². The van der Waals surface area contributed by atoms with Crippen molar-refractivity contribution in [2.75, 3.05) is 20.2 Å². The van der Waals surface area contributed by atoms with Crippen molar-refractivity contribution < 1.29 is 9.53 Å². The van der Waals surface area contributed by atoms with E-state index in [-0.39, 0.29) is 11.9 Å². The fraction of sp³-hybridized carbons (Fsp3) is 0.889. The van der Waals surface area contributed by atoms with Crippen LogP contribution in [0, 0.1) is 11.8 Å². The molecule has 0 aromatic heterocycles. The number of hydrogen-bond donors (Lipinski definition) is 1. The normalized spacial score (nSPS) is 19.8. The van der Waals surface area contributed by atoms with Gasteiger partial charge in [0.05, 0.1) is 13.0 Å². The molecule has 1 saturated heterocycles.